The van der Waals surface area contributed by atoms with Gasteiger partial charge in [0.05, 0.1) is 13.2 Å². The van der Waals surface area contributed by atoms with Crippen molar-refractivity contribution >= 4 is 0 Å². The molecular formula is C18H28O2. The van der Waals surface area contributed by atoms with Gasteiger partial charge in [-0.2, -0.15) is 0 Å². The highest BCUT2D eigenvalue weighted by molar-refractivity contribution is 5.34. The molecule has 1 fully saturated rings. The number of benzene rings is 1. The highest BCUT2D eigenvalue weighted by atomic mass is 16.5. The summed E-state index contributed by atoms with van der Waals surface area (Å²) in [7, 11) is 1.73. The van der Waals surface area contributed by atoms with Gasteiger partial charge >= 0.3 is 0 Å². The van der Waals surface area contributed by atoms with Gasteiger partial charge in [-0.15, -0.1) is 0 Å². The van der Waals surface area contributed by atoms with Crippen LogP contribution >= 0.6 is 0 Å². The lowest BCUT2D eigenvalue weighted by atomic mass is 9.65. The van der Waals surface area contributed by atoms with Gasteiger partial charge in [0.2, 0.25) is 0 Å². The number of hydrogen-bond donors (Lipinski definition) is 1. The molecule has 0 spiro atoms. The van der Waals surface area contributed by atoms with E-state index in [1.54, 1.807) is 7.11 Å². The molecule has 0 radical (unpaired) electrons. The molecule has 20 heavy (non-hydrogen) atoms. The van der Waals surface area contributed by atoms with Crippen molar-refractivity contribution in [2.75, 3.05) is 7.11 Å². The van der Waals surface area contributed by atoms with Crippen molar-refractivity contribution in [3.8, 4) is 5.75 Å². The van der Waals surface area contributed by atoms with E-state index in [2.05, 4.69) is 32.9 Å². The quantitative estimate of drug-likeness (QED) is 0.898. The predicted octanol–water partition coefficient (Wildman–Crippen LogP) is 4.06. The molecule has 3 atom stereocenters. The van der Waals surface area contributed by atoms with Gasteiger partial charge in [-0.25, -0.2) is 0 Å². The van der Waals surface area contributed by atoms with Gasteiger partial charge in [-0.05, 0) is 54.6 Å². The molecule has 2 heteroatoms. The highest BCUT2D eigenvalue weighted by Crippen LogP contribution is 2.44. The first kappa shape index (κ1) is 15.4. The third-order valence-corrected chi connectivity index (χ3v) is 4.94. The summed E-state index contributed by atoms with van der Waals surface area (Å²) in [6, 6.07) is 8.24. The summed E-state index contributed by atoms with van der Waals surface area (Å²) in [5, 5.41) is 10.4. The van der Waals surface area contributed by atoms with Crippen molar-refractivity contribution in [3.63, 3.8) is 0 Å². The molecule has 2 rings (SSSR count). The van der Waals surface area contributed by atoms with Gasteiger partial charge in [0.1, 0.15) is 5.75 Å². The van der Waals surface area contributed by atoms with E-state index >= 15 is 0 Å². The molecular weight excluding hydrogens is 248 g/mol. The lowest BCUT2D eigenvalue weighted by Crippen LogP contribution is -2.38. The van der Waals surface area contributed by atoms with Crippen LogP contribution in [0.4, 0.5) is 0 Å². The third kappa shape index (κ3) is 3.35. The summed E-state index contributed by atoms with van der Waals surface area (Å²) in [5.74, 6) is 2.00. The van der Waals surface area contributed by atoms with Crippen LogP contribution in [0.15, 0.2) is 24.3 Å². The Balaban J connectivity index is 2.09. The van der Waals surface area contributed by atoms with Crippen LogP contribution in [0.3, 0.4) is 0 Å². The van der Waals surface area contributed by atoms with E-state index in [1.165, 1.54) is 12.0 Å². The minimum absolute atomic E-state index is 0.163. The van der Waals surface area contributed by atoms with Gasteiger partial charge in [-0.3, -0.25) is 0 Å². The fourth-order valence-electron chi connectivity index (χ4n) is 3.71. The van der Waals surface area contributed by atoms with Crippen molar-refractivity contribution < 1.29 is 9.84 Å². The number of methoxy groups -OCH3 is 1. The second kappa shape index (κ2) is 6.17. The SMILES string of the molecule is COc1ccccc1CC1(C)CCC(C(C)C)C(O)C1. The van der Waals surface area contributed by atoms with Crippen molar-refractivity contribution in [1.82, 2.24) is 0 Å². The number of rotatable bonds is 4. The lowest BCUT2D eigenvalue weighted by Gasteiger charge is -2.42. The minimum Gasteiger partial charge on any atom is -0.496 e. The molecule has 1 aromatic rings. The van der Waals surface area contributed by atoms with Crippen LogP contribution in [0.25, 0.3) is 0 Å². The molecule has 0 bridgehead atoms. The maximum Gasteiger partial charge on any atom is 0.122 e. The summed E-state index contributed by atoms with van der Waals surface area (Å²) >= 11 is 0. The van der Waals surface area contributed by atoms with E-state index in [4.69, 9.17) is 4.74 Å². The van der Waals surface area contributed by atoms with Crippen LogP contribution in [-0.2, 0) is 6.42 Å². The smallest absolute Gasteiger partial charge is 0.122 e. The molecule has 1 aliphatic rings. The Hall–Kier alpha value is -1.02. The molecule has 1 N–H and O–H groups in total. The van der Waals surface area contributed by atoms with Crippen molar-refractivity contribution in [1.29, 1.82) is 0 Å². The third-order valence-electron chi connectivity index (χ3n) is 4.94. The first-order chi connectivity index (χ1) is 9.45. The number of para-hydroxylation sites is 1. The molecule has 112 valence electrons. The van der Waals surface area contributed by atoms with Crippen LogP contribution in [0, 0.1) is 17.3 Å². The van der Waals surface area contributed by atoms with Gasteiger partial charge in [0.15, 0.2) is 0 Å². The molecule has 1 saturated carbocycles. The number of ether oxygens (including phenoxy) is 1. The number of hydrogen-bond acceptors (Lipinski definition) is 2. The number of aliphatic hydroxyl groups is 1. The van der Waals surface area contributed by atoms with E-state index in [1.807, 2.05) is 12.1 Å². The van der Waals surface area contributed by atoms with E-state index in [9.17, 15) is 5.11 Å². The zero-order valence-corrected chi connectivity index (χ0v) is 13.2. The van der Waals surface area contributed by atoms with E-state index < -0.39 is 0 Å². The van der Waals surface area contributed by atoms with E-state index in [-0.39, 0.29) is 11.5 Å². The average Bonchev–Trinajstić information content (AvgIpc) is 2.38. The predicted molar refractivity (Wildman–Crippen MR) is 83.0 cm³/mol. The second-order valence-corrected chi connectivity index (χ2v) is 7.02. The van der Waals surface area contributed by atoms with Crippen LogP contribution < -0.4 is 4.74 Å². The Kier molecular flexibility index (Phi) is 4.74. The van der Waals surface area contributed by atoms with Crippen molar-refractivity contribution in [2.45, 2.75) is 52.6 Å². The molecule has 0 aliphatic heterocycles. The lowest BCUT2D eigenvalue weighted by molar-refractivity contribution is -0.01000. The minimum atomic E-state index is -0.163. The molecule has 0 heterocycles. The fourth-order valence-corrected chi connectivity index (χ4v) is 3.71. The van der Waals surface area contributed by atoms with Crippen LogP contribution in [0.2, 0.25) is 0 Å². The Morgan fingerprint density at radius 1 is 1.35 bits per heavy atom. The standard InChI is InChI=1S/C18H28O2/c1-13(2)15-9-10-18(3,12-16(15)19)11-14-7-5-6-8-17(14)20-4/h5-8,13,15-16,19H,9-12H2,1-4H3. The first-order valence-corrected chi connectivity index (χ1v) is 7.75. The Morgan fingerprint density at radius 3 is 2.65 bits per heavy atom. The summed E-state index contributed by atoms with van der Waals surface area (Å²) in [4.78, 5) is 0. The summed E-state index contributed by atoms with van der Waals surface area (Å²) in [5.41, 5.74) is 1.44. The summed E-state index contributed by atoms with van der Waals surface area (Å²) in [6.07, 6.45) is 4.03. The van der Waals surface area contributed by atoms with E-state index in [0.717, 1.165) is 25.0 Å². The largest absolute Gasteiger partial charge is 0.496 e. The second-order valence-electron chi connectivity index (χ2n) is 7.02. The molecule has 1 aliphatic carbocycles. The maximum absolute atomic E-state index is 10.4. The van der Waals surface area contributed by atoms with Crippen LogP contribution in [-0.4, -0.2) is 18.3 Å². The van der Waals surface area contributed by atoms with Gasteiger partial charge in [-0.1, -0.05) is 39.0 Å². The van der Waals surface area contributed by atoms with Gasteiger partial charge in [0, 0.05) is 0 Å². The first-order valence-electron chi connectivity index (χ1n) is 7.75. The maximum atomic E-state index is 10.4. The Bertz CT molecular complexity index is 441. The molecule has 0 amide bonds. The average molecular weight is 276 g/mol. The summed E-state index contributed by atoms with van der Waals surface area (Å²) in [6.45, 7) is 6.74. The van der Waals surface area contributed by atoms with Crippen LogP contribution in [0.1, 0.15) is 45.6 Å². The van der Waals surface area contributed by atoms with Gasteiger partial charge < -0.3 is 9.84 Å². The van der Waals surface area contributed by atoms with Crippen LogP contribution in [0.5, 0.6) is 5.75 Å². The molecule has 0 aromatic heterocycles. The Morgan fingerprint density at radius 2 is 2.05 bits per heavy atom. The fraction of sp³-hybridized carbons (Fsp3) is 0.667. The van der Waals surface area contributed by atoms with Crippen molar-refractivity contribution in [3.05, 3.63) is 29.8 Å². The molecule has 0 saturated heterocycles. The normalized spacial score (nSPS) is 30.5. The number of aliphatic hydroxyl groups excluding tert-OH is 1. The zero-order chi connectivity index (χ0) is 14.8. The summed E-state index contributed by atoms with van der Waals surface area (Å²) < 4.78 is 5.46. The molecule has 1 aromatic carbocycles. The molecule has 3 unspecified atom stereocenters. The monoisotopic (exact) mass is 276 g/mol. The van der Waals surface area contributed by atoms with Gasteiger partial charge in [0.25, 0.3) is 0 Å². The van der Waals surface area contributed by atoms with Crippen molar-refractivity contribution in [2.24, 2.45) is 17.3 Å². The zero-order valence-electron chi connectivity index (χ0n) is 13.2. The molecule has 2 nitrogen and oxygen atoms in total. The van der Waals surface area contributed by atoms with E-state index in [0.29, 0.717) is 11.8 Å². The topological polar surface area (TPSA) is 29.5 Å². The Labute approximate surface area is 123 Å². The highest BCUT2D eigenvalue weighted by Gasteiger charge is 2.38.